The molecule has 7 heteroatoms. The third kappa shape index (κ3) is 3.65. The summed E-state index contributed by atoms with van der Waals surface area (Å²) in [6, 6.07) is 5.84. The average molecular weight is 380 g/mol. The second-order valence-corrected chi connectivity index (χ2v) is 7.22. The molecule has 144 valence electrons. The Morgan fingerprint density at radius 2 is 2.18 bits per heavy atom. The molecule has 3 heterocycles. The molecule has 2 aromatic heterocycles. The maximum absolute atomic E-state index is 13.4. The van der Waals surface area contributed by atoms with Gasteiger partial charge in [-0.1, -0.05) is 11.2 Å². The van der Waals surface area contributed by atoms with Crippen LogP contribution in [-0.4, -0.2) is 39.0 Å². The lowest BCUT2D eigenvalue weighted by molar-refractivity contribution is 0.0786. The van der Waals surface area contributed by atoms with Crippen LogP contribution in [0.3, 0.4) is 0 Å². The average Bonchev–Trinajstić information content (AvgIpc) is 3.28. The summed E-state index contributed by atoms with van der Waals surface area (Å²) in [6.07, 6.45) is 5.10. The maximum atomic E-state index is 13.4. The van der Waals surface area contributed by atoms with Crippen molar-refractivity contribution in [2.75, 3.05) is 13.1 Å². The van der Waals surface area contributed by atoms with Crippen LogP contribution in [0, 0.1) is 25.6 Å². The van der Waals surface area contributed by atoms with Crippen LogP contribution in [0.15, 0.2) is 41.2 Å². The lowest BCUT2D eigenvalue weighted by Crippen LogP contribution is -2.29. The van der Waals surface area contributed by atoms with Crippen molar-refractivity contribution in [1.82, 2.24) is 20.0 Å². The third-order valence-corrected chi connectivity index (χ3v) is 5.12. The number of benzene rings is 1. The Morgan fingerprint density at radius 3 is 2.93 bits per heavy atom. The van der Waals surface area contributed by atoms with Crippen molar-refractivity contribution in [3.05, 3.63) is 65.2 Å². The first-order chi connectivity index (χ1) is 13.5. The Kier molecular flexibility index (Phi) is 4.90. The highest BCUT2D eigenvalue weighted by Crippen LogP contribution is 2.26. The smallest absolute Gasteiger partial charge is 0.253 e. The van der Waals surface area contributed by atoms with E-state index in [1.54, 1.807) is 29.4 Å². The fourth-order valence-electron chi connectivity index (χ4n) is 3.76. The maximum Gasteiger partial charge on any atom is 0.253 e. The molecule has 0 bridgehead atoms. The largest absolute Gasteiger partial charge is 0.361 e. The van der Waals surface area contributed by atoms with E-state index < -0.39 is 5.82 Å². The summed E-state index contributed by atoms with van der Waals surface area (Å²) >= 11 is 0. The Balaban J connectivity index is 1.45. The first kappa shape index (κ1) is 18.3. The molecule has 28 heavy (non-hydrogen) atoms. The molecule has 1 fully saturated rings. The number of carbonyl (C=O) groups is 1. The van der Waals surface area contributed by atoms with Crippen LogP contribution in [-0.2, 0) is 6.42 Å². The lowest BCUT2D eigenvalue weighted by atomic mass is 10.0. The number of halogens is 1. The quantitative estimate of drug-likeness (QED) is 0.692. The number of hydrogen-bond donors (Lipinski definition) is 0. The van der Waals surface area contributed by atoms with E-state index in [0.717, 1.165) is 41.2 Å². The molecule has 0 aliphatic carbocycles. The second-order valence-electron chi connectivity index (χ2n) is 7.22. The molecule has 0 saturated carbocycles. The Labute approximate surface area is 162 Å². The first-order valence-corrected chi connectivity index (χ1v) is 9.30. The van der Waals surface area contributed by atoms with Crippen molar-refractivity contribution >= 4 is 5.91 Å². The molecule has 3 aromatic rings. The van der Waals surface area contributed by atoms with E-state index in [9.17, 15) is 9.18 Å². The van der Waals surface area contributed by atoms with Crippen LogP contribution in [0.4, 0.5) is 4.39 Å². The summed E-state index contributed by atoms with van der Waals surface area (Å²) in [5.41, 5.74) is 3.68. The standard InChI is InChI=1S/C21H21FN4O2/c1-13-20(14(2)28-25-13)19-11-23-10-18(24-19)8-15-6-7-26(12-15)21(27)16-4-3-5-17(22)9-16/h3-5,9-11,15H,6-8,12H2,1-2H3. The van der Waals surface area contributed by atoms with Gasteiger partial charge in [-0.05, 0) is 50.8 Å². The number of hydrogen-bond acceptors (Lipinski definition) is 5. The molecule has 0 radical (unpaired) electrons. The van der Waals surface area contributed by atoms with Gasteiger partial charge in [-0.2, -0.15) is 0 Å². The van der Waals surface area contributed by atoms with Gasteiger partial charge in [0.15, 0.2) is 0 Å². The van der Waals surface area contributed by atoms with Gasteiger partial charge >= 0.3 is 0 Å². The molecular weight excluding hydrogens is 359 g/mol. The molecule has 1 saturated heterocycles. The molecule has 1 atom stereocenters. The molecule has 1 unspecified atom stereocenters. The molecule has 1 aromatic carbocycles. The fourth-order valence-corrected chi connectivity index (χ4v) is 3.76. The predicted molar refractivity (Wildman–Crippen MR) is 101 cm³/mol. The highest BCUT2D eigenvalue weighted by Gasteiger charge is 2.27. The SMILES string of the molecule is Cc1noc(C)c1-c1cncc(CC2CCN(C(=O)c3cccc(F)c3)C2)n1. The van der Waals surface area contributed by atoms with Gasteiger partial charge in [0.1, 0.15) is 11.6 Å². The normalized spacial score (nSPS) is 16.5. The van der Waals surface area contributed by atoms with Crippen molar-refractivity contribution in [3.8, 4) is 11.3 Å². The van der Waals surface area contributed by atoms with Crippen molar-refractivity contribution in [2.24, 2.45) is 5.92 Å². The molecule has 0 spiro atoms. The van der Waals surface area contributed by atoms with Crippen molar-refractivity contribution in [1.29, 1.82) is 0 Å². The van der Waals surface area contributed by atoms with Crippen molar-refractivity contribution in [2.45, 2.75) is 26.7 Å². The van der Waals surface area contributed by atoms with E-state index in [1.807, 2.05) is 13.8 Å². The minimum Gasteiger partial charge on any atom is -0.361 e. The van der Waals surface area contributed by atoms with Gasteiger partial charge < -0.3 is 9.42 Å². The Bertz CT molecular complexity index is 998. The van der Waals surface area contributed by atoms with Gasteiger partial charge in [0.2, 0.25) is 0 Å². The number of nitrogens with zero attached hydrogens (tertiary/aromatic N) is 4. The molecule has 1 amide bonds. The summed E-state index contributed by atoms with van der Waals surface area (Å²) in [4.78, 5) is 23.4. The minimum absolute atomic E-state index is 0.127. The van der Waals surface area contributed by atoms with Crippen LogP contribution in [0.2, 0.25) is 0 Å². The highest BCUT2D eigenvalue weighted by atomic mass is 19.1. The first-order valence-electron chi connectivity index (χ1n) is 9.30. The third-order valence-electron chi connectivity index (χ3n) is 5.12. The van der Waals surface area contributed by atoms with Gasteiger partial charge in [0.25, 0.3) is 5.91 Å². The zero-order valence-electron chi connectivity index (χ0n) is 15.9. The molecule has 1 aliphatic rings. The number of likely N-dealkylation sites (tertiary alicyclic amines) is 1. The summed E-state index contributed by atoms with van der Waals surface area (Å²) in [6.45, 7) is 5.03. The Hall–Kier alpha value is -3.09. The van der Waals surface area contributed by atoms with E-state index in [1.165, 1.54) is 12.1 Å². The Morgan fingerprint density at radius 1 is 1.32 bits per heavy atom. The van der Waals surface area contributed by atoms with Gasteiger partial charge in [0.05, 0.1) is 28.8 Å². The molecule has 1 aliphatic heterocycles. The van der Waals surface area contributed by atoms with Gasteiger partial charge in [-0.15, -0.1) is 0 Å². The molecule has 6 nitrogen and oxygen atoms in total. The van der Waals surface area contributed by atoms with E-state index in [4.69, 9.17) is 9.51 Å². The highest BCUT2D eigenvalue weighted by molar-refractivity contribution is 5.94. The van der Waals surface area contributed by atoms with Crippen LogP contribution in [0.25, 0.3) is 11.3 Å². The van der Waals surface area contributed by atoms with Gasteiger partial charge in [-0.3, -0.25) is 9.78 Å². The van der Waals surface area contributed by atoms with Crippen molar-refractivity contribution < 1.29 is 13.7 Å². The number of amides is 1. The zero-order valence-corrected chi connectivity index (χ0v) is 15.9. The van der Waals surface area contributed by atoms with Gasteiger partial charge in [-0.25, -0.2) is 9.37 Å². The van der Waals surface area contributed by atoms with Crippen LogP contribution in [0.1, 0.15) is 33.9 Å². The minimum atomic E-state index is -0.395. The van der Waals surface area contributed by atoms with Crippen molar-refractivity contribution in [3.63, 3.8) is 0 Å². The van der Waals surface area contributed by atoms with E-state index in [-0.39, 0.29) is 5.91 Å². The summed E-state index contributed by atoms with van der Waals surface area (Å²) in [5.74, 6) is 0.494. The van der Waals surface area contributed by atoms with E-state index in [0.29, 0.717) is 24.6 Å². The predicted octanol–water partition coefficient (Wildman–Crippen LogP) is 3.59. The summed E-state index contributed by atoms with van der Waals surface area (Å²) in [7, 11) is 0. The van der Waals surface area contributed by atoms with Crippen LogP contribution in [0.5, 0.6) is 0 Å². The number of aryl methyl sites for hydroxylation is 2. The lowest BCUT2D eigenvalue weighted by Gasteiger charge is -2.16. The summed E-state index contributed by atoms with van der Waals surface area (Å²) < 4.78 is 18.6. The number of aromatic nitrogens is 3. The summed E-state index contributed by atoms with van der Waals surface area (Å²) in [5, 5.41) is 3.98. The molecule has 0 N–H and O–H groups in total. The van der Waals surface area contributed by atoms with E-state index >= 15 is 0 Å². The fraction of sp³-hybridized carbons (Fsp3) is 0.333. The van der Waals surface area contributed by atoms with E-state index in [2.05, 4.69) is 10.1 Å². The molecular formula is C21H21FN4O2. The van der Waals surface area contributed by atoms with Crippen LogP contribution >= 0.6 is 0 Å². The van der Waals surface area contributed by atoms with Gasteiger partial charge in [0, 0.05) is 24.8 Å². The second kappa shape index (κ2) is 7.50. The topological polar surface area (TPSA) is 72.1 Å². The van der Waals surface area contributed by atoms with Crippen LogP contribution < -0.4 is 0 Å². The zero-order chi connectivity index (χ0) is 19.7. The monoisotopic (exact) mass is 380 g/mol. The number of carbonyl (C=O) groups excluding carboxylic acids is 1. The molecule has 4 rings (SSSR count). The number of rotatable bonds is 4.